The molecule has 1 N–H and O–H groups in total. The van der Waals surface area contributed by atoms with E-state index in [4.69, 9.17) is 16.3 Å². The lowest BCUT2D eigenvalue weighted by Crippen LogP contribution is -2.36. The third kappa shape index (κ3) is 4.47. The maximum Gasteiger partial charge on any atom is 0.342 e. The van der Waals surface area contributed by atoms with Gasteiger partial charge in [0, 0.05) is 42.8 Å². The summed E-state index contributed by atoms with van der Waals surface area (Å²) < 4.78 is 6.60. The number of ether oxygens (including phenoxy) is 1. The quantitative estimate of drug-likeness (QED) is 0.647. The lowest BCUT2D eigenvalue weighted by Gasteiger charge is -2.14. The molecule has 1 amide bonds. The Bertz CT molecular complexity index is 1020. The number of nitrogens with one attached hydrogen (secondary N) is 1. The first-order chi connectivity index (χ1) is 14.7. The van der Waals surface area contributed by atoms with Gasteiger partial charge in [-0.05, 0) is 61.8 Å². The smallest absolute Gasteiger partial charge is 0.342 e. The van der Waals surface area contributed by atoms with Crippen LogP contribution in [0.1, 0.15) is 12.8 Å². The van der Waals surface area contributed by atoms with Crippen LogP contribution in [0.3, 0.4) is 0 Å². The van der Waals surface area contributed by atoms with Gasteiger partial charge in [0.05, 0.1) is 12.1 Å². The fraction of sp³-hybridized carbons (Fsp3) is 0.318. The molecule has 0 saturated carbocycles. The van der Waals surface area contributed by atoms with Crippen LogP contribution in [-0.4, -0.2) is 59.0 Å². The van der Waals surface area contributed by atoms with Crippen molar-refractivity contribution in [3.8, 4) is 28.1 Å². The summed E-state index contributed by atoms with van der Waals surface area (Å²) in [6.45, 7) is 3.65. The fourth-order valence-corrected chi connectivity index (χ4v) is 3.91. The van der Waals surface area contributed by atoms with Gasteiger partial charge in [-0.25, -0.2) is 4.79 Å². The van der Waals surface area contributed by atoms with E-state index in [1.54, 1.807) is 37.8 Å². The molecule has 0 aliphatic carbocycles. The maximum absolute atomic E-state index is 12.7. The van der Waals surface area contributed by atoms with Crippen LogP contribution in [0, 0.1) is 0 Å². The monoisotopic (exact) mass is 425 g/mol. The van der Waals surface area contributed by atoms with Gasteiger partial charge in [-0.15, -0.1) is 0 Å². The van der Waals surface area contributed by atoms with Crippen molar-refractivity contribution >= 4 is 17.6 Å². The Morgan fingerprint density at radius 3 is 2.63 bits per heavy atom. The number of methoxy groups -OCH3 is 1. The van der Waals surface area contributed by atoms with E-state index < -0.39 is 0 Å². The topological polar surface area (TPSA) is 72.3 Å². The zero-order valence-corrected chi connectivity index (χ0v) is 17.6. The number of hydrogen-bond acceptors (Lipinski definition) is 5. The average Bonchev–Trinajstić information content (AvgIpc) is 3.44. The van der Waals surface area contributed by atoms with Crippen LogP contribution in [0.2, 0.25) is 5.02 Å². The van der Waals surface area contributed by atoms with E-state index in [0.717, 1.165) is 36.3 Å². The van der Waals surface area contributed by atoms with Crippen molar-refractivity contribution in [2.75, 3.05) is 33.3 Å². The summed E-state index contributed by atoms with van der Waals surface area (Å²) in [5, 5.41) is 8.02. The summed E-state index contributed by atoms with van der Waals surface area (Å²) in [5.41, 5.74) is 3.22. The van der Waals surface area contributed by atoms with Crippen LogP contribution in [0.25, 0.3) is 22.4 Å². The molecule has 8 heteroatoms. The number of pyridine rings is 1. The van der Waals surface area contributed by atoms with Gasteiger partial charge < -0.3 is 15.0 Å². The highest BCUT2D eigenvalue weighted by Gasteiger charge is 2.18. The molecule has 4 rings (SSSR count). The Morgan fingerprint density at radius 1 is 1.17 bits per heavy atom. The second-order valence-electron chi connectivity index (χ2n) is 7.20. The Kier molecular flexibility index (Phi) is 6.30. The summed E-state index contributed by atoms with van der Waals surface area (Å²) in [7, 11) is 1.57. The minimum atomic E-state index is -0.254. The highest BCUT2D eigenvalue weighted by molar-refractivity contribution is 6.32. The number of carbonyl (C=O) groups excluding carboxylic acids is 1. The lowest BCUT2D eigenvalue weighted by atomic mass is 10.0. The first-order valence-corrected chi connectivity index (χ1v) is 10.4. The molecule has 0 unspecified atom stereocenters. The van der Waals surface area contributed by atoms with Gasteiger partial charge in [0.1, 0.15) is 11.4 Å². The first-order valence-electron chi connectivity index (χ1n) is 10.0. The van der Waals surface area contributed by atoms with Crippen molar-refractivity contribution in [1.29, 1.82) is 0 Å². The lowest BCUT2D eigenvalue weighted by molar-refractivity contribution is 0.237. The highest BCUT2D eigenvalue weighted by Crippen LogP contribution is 2.34. The van der Waals surface area contributed by atoms with Crippen LogP contribution in [0.4, 0.5) is 4.79 Å². The van der Waals surface area contributed by atoms with Crippen molar-refractivity contribution in [2.45, 2.75) is 12.8 Å². The Balaban J connectivity index is 1.61. The van der Waals surface area contributed by atoms with E-state index in [-0.39, 0.29) is 6.03 Å². The number of carbonyl (C=O) groups is 1. The van der Waals surface area contributed by atoms with E-state index in [1.807, 2.05) is 18.2 Å². The van der Waals surface area contributed by atoms with Gasteiger partial charge in [-0.3, -0.25) is 4.98 Å². The van der Waals surface area contributed by atoms with Gasteiger partial charge in [0.25, 0.3) is 0 Å². The first kappa shape index (κ1) is 20.4. The zero-order chi connectivity index (χ0) is 20.9. The Morgan fingerprint density at radius 2 is 1.93 bits per heavy atom. The molecule has 1 aliphatic rings. The second kappa shape index (κ2) is 9.28. The molecule has 0 atom stereocenters. The van der Waals surface area contributed by atoms with Crippen molar-refractivity contribution in [2.24, 2.45) is 0 Å². The van der Waals surface area contributed by atoms with Gasteiger partial charge in [0.2, 0.25) is 0 Å². The molecule has 3 heterocycles. The molecule has 0 bridgehead atoms. The summed E-state index contributed by atoms with van der Waals surface area (Å²) in [4.78, 5) is 19.2. The van der Waals surface area contributed by atoms with Crippen LogP contribution in [0.5, 0.6) is 5.75 Å². The van der Waals surface area contributed by atoms with Gasteiger partial charge >= 0.3 is 6.03 Å². The molecular weight excluding hydrogens is 402 g/mol. The largest absolute Gasteiger partial charge is 0.495 e. The third-order valence-corrected chi connectivity index (χ3v) is 5.54. The number of halogens is 1. The van der Waals surface area contributed by atoms with Gasteiger partial charge in [0.15, 0.2) is 0 Å². The molecule has 1 fully saturated rings. The summed E-state index contributed by atoms with van der Waals surface area (Å²) in [6, 6.07) is 9.00. The normalized spacial score (nSPS) is 14.1. The predicted molar refractivity (Wildman–Crippen MR) is 117 cm³/mol. The number of aromatic nitrogens is 3. The fourth-order valence-electron chi connectivity index (χ4n) is 3.66. The van der Waals surface area contributed by atoms with E-state index >= 15 is 0 Å². The van der Waals surface area contributed by atoms with Crippen molar-refractivity contribution in [1.82, 2.24) is 25.0 Å². The Labute approximate surface area is 180 Å². The molecule has 0 radical (unpaired) electrons. The summed E-state index contributed by atoms with van der Waals surface area (Å²) in [5.74, 6) is 0.588. The van der Waals surface area contributed by atoms with Crippen molar-refractivity contribution in [3.05, 3.63) is 53.9 Å². The number of amides is 1. The van der Waals surface area contributed by atoms with Gasteiger partial charge in [-0.1, -0.05) is 11.6 Å². The number of hydrogen-bond donors (Lipinski definition) is 1. The SMILES string of the molecule is COc1ccc(-c2nn(C(=O)NCCN3CCCC3)cc2-c2ccncc2)cc1Cl. The number of benzene rings is 1. The van der Waals surface area contributed by atoms with Gasteiger partial charge in [-0.2, -0.15) is 9.78 Å². The molecule has 2 aromatic heterocycles. The van der Waals surface area contributed by atoms with Crippen LogP contribution in [-0.2, 0) is 0 Å². The van der Waals surface area contributed by atoms with E-state index in [0.29, 0.717) is 23.0 Å². The predicted octanol–water partition coefficient (Wildman–Crippen LogP) is 3.93. The Hall–Kier alpha value is -2.90. The standard InChI is InChI=1S/C22H24ClN5O2/c1-30-20-5-4-17(14-19(20)23)21-18(16-6-8-24-9-7-16)15-28(26-21)22(29)25-10-13-27-11-2-3-12-27/h4-9,14-15H,2-3,10-13H2,1H3,(H,25,29). The molecule has 1 aromatic carbocycles. The maximum atomic E-state index is 12.7. The molecule has 7 nitrogen and oxygen atoms in total. The van der Waals surface area contributed by atoms with Crippen molar-refractivity contribution < 1.29 is 9.53 Å². The zero-order valence-electron chi connectivity index (χ0n) is 16.8. The van der Waals surface area contributed by atoms with Crippen LogP contribution >= 0.6 is 11.6 Å². The minimum absolute atomic E-state index is 0.254. The molecule has 30 heavy (non-hydrogen) atoms. The van der Waals surface area contributed by atoms with E-state index in [9.17, 15) is 4.79 Å². The van der Waals surface area contributed by atoms with E-state index in [2.05, 4.69) is 20.3 Å². The molecular formula is C22H24ClN5O2. The minimum Gasteiger partial charge on any atom is -0.495 e. The molecule has 1 aliphatic heterocycles. The molecule has 1 saturated heterocycles. The number of likely N-dealkylation sites (tertiary alicyclic amines) is 1. The molecule has 156 valence electrons. The number of nitrogens with zero attached hydrogens (tertiary/aromatic N) is 4. The molecule has 3 aromatic rings. The average molecular weight is 426 g/mol. The number of rotatable bonds is 6. The van der Waals surface area contributed by atoms with E-state index in [1.165, 1.54) is 17.5 Å². The summed E-state index contributed by atoms with van der Waals surface area (Å²) >= 11 is 6.32. The van der Waals surface area contributed by atoms with Crippen molar-refractivity contribution in [3.63, 3.8) is 0 Å². The molecule has 0 spiro atoms. The summed E-state index contributed by atoms with van der Waals surface area (Å²) in [6.07, 6.45) is 7.64. The second-order valence-corrected chi connectivity index (χ2v) is 7.61. The highest BCUT2D eigenvalue weighted by atomic mass is 35.5. The van der Waals surface area contributed by atoms with Crippen LogP contribution < -0.4 is 10.1 Å². The third-order valence-electron chi connectivity index (χ3n) is 5.24. The van der Waals surface area contributed by atoms with Crippen LogP contribution in [0.15, 0.2) is 48.9 Å².